The summed E-state index contributed by atoms with van der Waals surface area (Å²) in [6.45, 7) is 5.19. The molecule has 1 saturated heterocycles. The van der Waals surface area contributed by atoms with Crippen LogP contribution in [0.5, 0.6) is 0 Å². The molecule has 5 heteroatoms. The second-order valence-corrected chi connectivity index (χ2v) is 7.68. The van der Waals surface area contributed by atoms with E-state index in [1.807, 2.05) is 23.1 Å². The van der Waals surface area contributed by atoms with Crippen LogP contribution in [0.3, 0.4) is 0 Å². The van der Waals surface area contributed by atoms with Crippen molar-refractivity contribution in [3.05, 3.63) is 64.4 Å². The lowest BCUT2D eigenvalue weighted by molar-refractivity contribution is -0.132. The molecule has 1 heterocycles. The molecule has 0 spiro atoms. The highest BCUT2D eigenvalue weighted by atomic mass is 35.5. The van der Waals surface area contributed by atoms with Crippen molar-refractivity contribution in [1.82, 2.24) is 4.90 Å². The summed E-state index contributed by atoms with van der Waals surface area (Å²) >= 11 is 6.13. The molecule has 0 unspecified atom stereocenters. The van der Waals surface area contributed by atoms with E-state index in [1.165, 1.54) is 17.7 Å². The van der Waals surface area contributed by atoms with Gasteiger partial charge < -0.3 is 9.80 Å². The van der Waals surface area contributed by atoms with Crippen molar-refractivity contribution < 1.29 is 9.18 Å². The van der Waals surface area contributed by atoms with Gasteiger partial charge in [0.1, 0.15) is 5.82 Å². The van der Waals surface area contributed by atoms with E-state index in [9.17, 15) is 9.18 Å². The first-order chi connectivity index (χ1) is 12.5. The summed E-state index contributed by atoms with van der Waals surface area (Å²) in [6, 6.07) is 12.5. The van der Waals surface area contributed by atoms with Gasteiger partial charge in [-0.3, -0.25) is 4.79 Å². The second-order valence-electron chi connectivity index (χ2n) is 7.24. The molecule has 3 nitrogen and oxygen atoms in total. The average Bonchev–Trinajstić information content (AvgIpc) is 3.45. The van der Waals surface area contributed by atoms with Gasteiger partial charge in [-0.2, -0.15) is 0 Å². The number of nitrogens with zero attached hydrogens (tertiary/aromatic N) is 2. The van der Waals surface area contributed by atoms with Crippen LogP contribution in [-0.4, -0.2) is 37.0 Å². The van der Waals surface area contributed by atoms with E-state index in [0.717, 1.165) is 48.9 Å². The number of halogens is 2. The van der Waals surface area contributed by atoms with E-state index < -0.39 is 0 Å². The van der Waals surface area contributed by atoms with Gasteiger partial charge in [-0.1, -0.05) is 29.8 Å². The summed E-state index contributed by atoms with van der Waals surface area (Å²) in [7, 11) is 0. The first-order valence-corrected chi connectivity index (χ1v) is 9.46. The molecule has 1 aliphatic carbocycles. The van der Waals surface area contributed by atoms with E-state index in [2.05, 4.69) is 11.8 Å². The first kappa shape index (κ1) is 17.3. The average molecular weight is 373 g/mol. The molecule has 1 saturated carbocycles. The van der Waals surface area contributed by atoms with Gasteiger partial charge in [-0.15, -0.1) is 0 Å². The smallest absolute Gasteiger partial charge is 0.226 e. The molecular formula is C21H22ClFN2O. The quantitative estimate of drug-likeness (QED) is 0.804. The second kappa shape index (κ2) is 6.92. The Bertz CT molecular complexity index is 815. The monoisotopic (exact) mass is 372 g/mol. The minimum Gasteiger partial charge on any atom is -0.368 e. The van der Waals surface area contributed by atoms with Crippen molar-refractivity contribution in [1.29, 1.82) is 0 Å². The maximum Gasteiger partial charge on any atom is 0.226 e. The van der Waals surface area contributed by atoms with Crippen LogP contribution in [0.2, 0.25) is 5.02 Å². The number of piperazine rings is 1. The van der Waals surface area contributed by atoms with Crippen LogP contribution in [0, 0.1) is 18.7 Å². The van der Waals surface area contributed by atoms with Crippen molar-refractivity contribution in [3.63, 3.8) is 0 Å². The maximum atomic E-state index is 13.1. The predicted molar refractivity (Wildman–Crippen MR) is 102 cm³/mol. The van der Waals surface area contributed by atoms with Crippen LogP contribution in [0.15, 0.2) is 42.5 Å². The van der Waals surface area contributed by atoms with Gasteiger partial charge in [0, 0.05) is 42.8 Å². The minimum absolute atomic E-state index is 0.0555. The third-order valence-corrected chi connectivity index (χ3v) is 5.74. The lowest BCUT2D eigenvalue weighted by Crippen LogP contribution is -2.49. The number of rotatable bonds is 3. The number of carbonyl (C=O) groups excluding carboxylic acids is 1. The highest BCUT2D eigenvalue weighted by molar-refractivity contribution is 6.30. The summed E-state index contributed by atoms with van der Waals surface area (Å²) in [5.74, 6) is 0.308. The zero-order valence-corrected chi connectivity index (χ0v) is 15.5. The Kier molecular flexibility index (Phi) is 4.62. The van der Waals surface area contributed by atoms with Crippen molar-refractivity contribution in [2.45, 2.75) is 19.3 Å². The molecule has 136 valence electrons. The Morgan fingerprint density at radius 1 is 1.08 bits per heavy atom. The van der Waals surface area contributed by atoms with Gasteiger partial charge in [0.15, 0.2) is 0 Å². The molecule has 1 amide bonds. The molecule has 0 radical (unpaired) electrons. The zero-order valence-electron chi connectivity index (χ0n) is 14.8. The van der Waals surface area contributed by atoms with Gasteiger partial charge in [0.25, 0.3) is 0 Å². The Morgan fingerprint density at radius 2 is 1.77 bits per heavy atom. The van der Waals surface area contributed by atoms with Gasteiger partial charge in [-0.05, 0) is 54.7 Å². The van der Waals surface area contributed by atoms with Crippen LogP contribution >= 0.6 is 11.6 Å². The predicted octanol–water partition coefficient (Wildman–Crippen LogP) is 4.24. The SMILES string of the molecule is Cc1ccc(Cl)cc1N1CCN(C(=O)[C@@H]2C[C@@H]2c2ccc(F)cc2)CC1. The minimum atomic E-state index is -0.232. The Morgan fingerprint density at radius 3 is 2.46 bits per heavy atom. The van der Waals surface area contributed by atoms with Crippen LogP contribution in [0.1, 0.15) is 23.5 Å². The third kappa shape index (κ3) is 3.43. The van der Waals surface area contributed by atoms with Crippen molar-refractivity contribution in [2.75, 3.05) is 31.1 Å². The summed E-state index contributed by atoms with van der Waals surface area (Å²) in [5.41, 5.74) is 3.42. The van der Waals surface area contributed by atoms with E-state index in [4.69, 9.17) is 11.6 Å². The molecule has 0 aromatic heterocycles. The number of hydrogen-bond acceptors (Lipinski definition) is 2. The highest BCUT2D eigenvalue weighted by Gasteiger charge is 2.46. The standard InChI is InChI=1S/C21H22ClFN2O/c1-14-2-5-16(22)12-20(14)24-8-10-25(11-9-24)21(26)19-13-18(19)15-3-6-17(23)7-4-15/h2-7,12,18-19H,8-11,13H2,1H3/t18-,19-/m1/s1. The Balaban J connectivity index is 1.36. The third-order valence-electron chi connectivity index (χ3n) is 5.51. The molecule has 26 heavy (non-hydrogen) atoms. The van der Waals surface area contributed by atoms with Gasteiger partial charge >= 0.3 is 0 Å². The number of amides is 1. The molecule has 2 aromatic rings. The van der Waals surface area contributed by atoms with Crippen LogP contribution in [-0.2, 0) is 4.79 Å². The van der Waals surface area contributed by atoms with Crippen LogP contribution < -0.4 is 4.90 Å². The molecule has 0 N–H and O–H groups in total. The molecule has 2 atom stereocenters. The molecule has 1 aliphatic heterocycles. The first-order valence-electron chi connectivity index (χ1n) is 9.08. The van der Waals surface area contributed by atoms with E-state index in [1.54, 1.807) is 12.1 Å². The molecule has 2 fully saturated rings. The summed E-state index contributed by atoms with van der Waals surface area (Å²) in [6.07, 6.45) is 0.873. The van der Waals surface area contributed by atoms with Crippen LogP contribution in [0.25, 0.3) is 0 Å². The fourth-order valence-electron chi connectivity index (χ4n) is 3.87. The molecular weight excluding hydrogens is 351 g/mol. The normalized spacial score (nSPS) is 22.4. The zero-order chi connectivity index (χ0) is 18.3. The number of carbonyl (C=O) groups is 1. The number of hydrogen-bond donors (Lipinski definition) is 0. The van der Waals surface area contributed by atoms with E-state index in [-0.39, 0.29) is 23.6 Å². The Hall–Kier alpha value is -2.07. The summed E-state index contributed by atoms with van der Waals surface area (Å²) in [5, 5.41) is 0.740. The number of benzene rings is 2. The lowest BCUT2D eigenvalue weighted by atomic mass is 10.1. The molecule has 2 aliphatic rings. The molecule has 2 aromatic carbocycles. The van der Waals surface area contributed by atoms with Crippen molar-refractivity contribution in [2.24, 2.45) is 5.92 Å². The molecule has 0 bridgehead atoms. The van der Waals surface area contributed by atoms with E-state index >= 15 is 0 Å². The number of anilines is 1. The van der Waals surface area contributed by atoms with Gasteiger partial charge in [-0.25, -0.2) is 4.39 Å². The maximum absolute atomic E-state index is 13.1. The largest absolute Gasteiger partial charge is 0.368 e. The van der Waals surface area contributed by atoms with Crippen molar-refractivity contribution in [3.8, 4) is 0 Å². The van der Waals surface area contributed by atoms with Gasteiger partial charge in [0.2, 0.25) is 5.91 Å². The molecule has 4 rings (SSSR count). The topological polar surface area (TPSA) is 23.6 Å². The van der Waals surface area contributed by atoms with Gasteiger partial charge in [0.05, 0.1) is 0 Å². The highest BCUT2D eigenvalue weighted by Crippen LogP contribution is 2.48. The Labute approximate surface area is 158 Å². The number of aryl methyl sites for hydroxylation is 1. The van der Waals surface area contributed by atoms with E-state index in [0.29, 0.717) is 0 Å². The van der Waals surface area contributed by atoms with Crippen LogP contribution in [0.4, 0.5) is 10.1 Å². The summed E-state index contributed by atoms with van der Waals surface area (Å²) < 4.78 is 13.1. The fourth-order valence-corrected chi connectivity index (χ4v) is 4.04. The van der Waals surface area contributed by atoms with Crippen molar-refractivity contribution >= 4 is 23.2 Å². The fraction of sp³-hybridized carbons (Fsp3) is 0.381. The lowest BCUT2D eigenvalue weighted by Gasteiger charge is -2.37. The summed E-state index contributed by atoms with van der Waals surface area (Å²) in [4.78, 5) is 17.1.